The van der Waals surface area contributed by atoms with Gasteiger partial charge in [0.05, 0.1) is 24.8 Å². The zero-order chi connectivity index (χ0) is 21.5. The van der Waals surface area contributed by atoms with Crippen LogP contribution in [0.1, 0.15) is 44.6 Å². The van der Waals surface area contributed by atoms with Gasteiger partial charge in [0.25, 0.3) is 0 Å². The van der Waals surface area contributed by atoms with Gasteiger partial charge in [0.1, 0.15) is 12.4 Å². The molecule has 3 fully saturated rings. The Morgan fingerprint density at radius 3 is 2.78 bits per heavy atom. The maximum atomic E-state index is 6.03. The zero-order valence-electron chi connectivity index (χ0n) is 19.4. The molecule has 3 heterocycles. The summed E-state index contributed by atoms with van der Waals surface area (Å²) in [5.41, 5.74) is 1.15. The number of halogens is 1. The third-order valence-corrected chi connectivity index (χ3v) is 6.62. The number of guanidine groups is 1. The van der Waals surface area contributed by atoms with Crippen LogP contribution in [0.25, 0.3) is 0 Å². The van der Waals surface area contributed by atoms with Gasteiger partial charge in [0.15, 0.2) is 5.96 Å². The zero-order valence-corrected chi connectivity index (χ0v) is 21.8. The van der Waals surface area contributed by atoms with Crippen molar-refractivity contribution in [3.05, 3.63) is 29.8 Å². The number of nitrogens with zero attached hydrogens (tertiary/aromatic N) is 2. The van der Waals surface area contributed by atoms with Crippen LogP contribution in [0.5, 0.6) is 5.75 Å². The molecule has 1 aromatic carbocycles. The molecule has 3 atom stereocenters. The Morgan fingerprint density at radius 2 is 2.06 bits per heavy atom. The molecule has 0 amide bonds. The number of fused-ring (bicyclic) bond motifs is 2. The standard InChI is InChI=1S/C24H38N4O3.HI/c1-3-25-24(27-22-16-21-7-8-23(22)31-21)26-17-18-5-4-6-20(15-18)30-14-11-28(2)19-9-12-29-13-10-19;/h4-6,15,19,21-23H,3,7-14,16-17H2,1-2H3,(H2,25,26,27);1H. The van der Waals surface area contributed by atoms with E-state index < -0.39 is 0 Å². The highest BCUT2D eigenvalue weighted by atomic mass is 127. The van der Waals surface area contributed by atoms with Gasteiger partial charge in [-0.15, -0.1) is 24.0 Å². The van der Waals surface area contributed by atoms with Gasteiger partial charge in [-0.2, -0.15) is 0 Å². The number of aliphatic imine (C=N–C) groups is 1. The van der Waals surface area contributed by atoms with Gasteiger partial charge < -0.3 is 24.8 Å². The first kappa shape index (κ1) is 25.5. The fourth-order valence-electron chi connectivity index (χ4n) is 4.81. The van der Waals surface area contributed by atoms with E-state index in [2.05, 4.69) is 41.6 Å². The molecular formula is C24H39IN4O3. The summed E-state index contributed by atoms with van der Waals surface area (Å²) in [4.78, 5) is 7.20. The van der Waals surface area contributed by atoms with Crippen LogP contribution >= 0.6 is 24.0 Å². The monoisotopic (exact) mass is 558 g/mol. The largest absolute Gasteiger partial charge is 0.492 e. The molecule has 0 spiro atoms. The van der Waals surface area contributed by atoms with Crippen LogP contribution in [0.4, 0.5) is 0 Å². The Bertz CT molecular complexity index is 729. The van der Waals surface area contributed by atoms with Crippen LogP contribution in [-0.2, 0) is 16.0 Å². The molecule has 3 saturated heterocycles. The van der Waals surface area contributed by atoms with Crippen LogP contribution in [0.2, 0.25) is 0 Å². The van der Waals surface area contributed by atoms with Crippen molar-refractivity contribution in [2.24, 2.45) is 4.99 Å². The van der Waals surface area contributed by atoms with E-state index >= 15 is 0 Å². The predicted octanol–water partition coefficient (Wildman–Crippen LogP) is 3.17. The molecule has 2 bridgehead atoms. The Balaban J connectivity index is 0.00000289. The second-order valence-corrected chi connectivity index (χ2v) is 8.88. The van der Waals surface area contributed by atoms with Crippen molar-refractivity contribution in [1.29, 1.82) is 0 Å². The van der Waals surface area contributed by atoms with Crippen LogP contribution in [0, 0.1) is 0 Å². The van der Waals surface area contributed by atoms with Crippen molar-refractivity contribution in [2.45, 2.75) is 69.9 Å². The summed E-state index contributed by atoms with van der Waals surface area (Å²) in [5.74, 6) is 1.78. The van der Waals surface area contributed by atoms with E-state index in [9.17, 15) is 0 Å². The molecular weight excluding hydrogens is 519 g/mol. The fourth-order valence-corrected chi connectivity index (χ4v) is 4.81. The number of rotatable bonds is 9. The lowest BCUT2D eigenvalue weighted by atomic mass is 9.96. The molecule has 0 saturated carbocycles. The third kappa shape index (κ3) is 7.20. The lowest BCUT2D eigenvalue weighted by Gasteiger charge is -2.31. The van der Waals surface area contributed by atoms with Gasteiger partial charge >= 0.3 is 0 Å². The summed E-state index contributed by atoms with van der Waals surface area (Å²) in [6.45, 7) is 6.92. The average Bonchev–Trinajstić information content (AvgIpc) is 3.42. The van der Waals surface area contributed by atoms with Crippen molar-refractivity contribution in [2.75, 3.05) is 40.0 Å². The lowest BCUT2D eigenvalue weighted by Crippen LogP contribution is -2.47. The molecule has 3 aliphatic rings. The molecule has 4 rings (SSSR count). The molecule has 180 valence electrons. The van der Waals surface area contributed by atoms with Crippen molar-refractivity contribution >= 4 is 29.9 Å². The van der Waals surface area contributed by atoms with E-state index in [0.29, 0.717) is 37.4 Å². The minimum Gasteiger partial charge on any atom is -0.492 e. The number of benzene rings is 1. The fraction of sp³-hybridized carbons (Fsp3) is 0.708. The average molecular weight is 559 g/mol. The molecule has 0 aromatic heterocycles. The molecule has 2 N–H and O–H groups in total. The smallest absolute Gasteiger partial charge is 0.191 e. The molecule has 1 aromatic rings. The third-order valence-electron chi connectivity index (χ3n) is 6.62. The Hall–Kier alpha value is -1.10. The SMILES string of the molecule is CCNC(=NCc1cccc(OCCN(C)C2CCOCC2)c1)NC1CC2CCC1O2.I. The highest BCUT2D eigenvalue weighted by Crippen LogP contribution is 2.34. The quantitative estimate of drug-likeness (QED) is 0.276. The highest BCUT2D eigenvalue weighted by Gasteiger charge is 2.41. The first-order valence-electron chi connectivity index (χ1n) is 11.9. The summed E-state index contributed by atoms with van der Waals surface area (Å²) in [6, 6.07) is 9.26. The summed E-state index contributed by atoms with van der Waals surface area (Å²) in [5, 5.41) is 6.95. The summed E-state index contributed by atoms with van der Waals surface area (Å²) >= 11 is 0. The molecule has 0 radical (unpaired) electrons. The van der Waals surface area contributed by atoms with Crippen LogP contribution < -0.4 is 15.4 Å². The second-order valence-electron chi connectivity index (χ2n) is 8.88. The first-order chi connectivity index (χ1) is 15.2. The van der Waals surface area contributed by atoms with Crippen molar-refractivity contribution < 1.29 is 14.2 Å². The van der Waals surface area contributed by atoms with E-state index in [1.165, 1.54) is 6.42 Å². The van der Waals surface area contributed by atoms with Crippen LogP contribution in [-0.4, -0.2) is 75.1 Å². The number of nitrogens with one attached hydrogen (secondary N) is 2. The molecule has 32 heavy (non-hydrogen) atoms. The Morgan fingerprint density at radius 1 is 1.22 bits per heavy atom. The maximum Gasteiger partial charge on any atom is 0.191 e. The molecule has 7 nitrogen and oxygen atoms in total. The highest BCUT2D eigenvalue weighted by molar-refractivity contribution is 14.0. The van der Waals surface area contributed by atoms with Gasteiger partial charge in [0, 0.05) is 32.3 Å². The van der Waals surface area contributed by atoms with E-state index in [4.69, 9.17) is 19.2 Å². The normalized spacial score (nSPS) is 25.6. The molecule has 3 unspecified atom stereocenters. The van der Waals surface area contributed by atoms with Gasteiger partial charge in [0.2, 0.25) is 0 Å². The van der Waals surface area contributed by atoms with Gasteiger partial charge in [-0.1, -0.05) is 12.1 Å². The number of likely N-dealkylation sites (N-methyl/N-ethyl adjacent to an activating group) is 1. The Kier molecular flexibility index (Phi) is 10.3. The molecule has 8 heteroatoms. The molecule has 0 aliphatic carbocycles. The number of ether oxygens (including phenoxy) is 3. The lowest BCUT2D eigenvalue weighted by molar-refractivity contribution is 0.0392. The van der Waals surface area contributed by atoms with Gasteiger partial charge in [-0.05, 0) is 63.8 Å². The number of hydrogen-bond donors (Lipinski definition) is 2. The topological polar surface area (TPSA) is 67.4 Å². The summed E-state index contributed by atoms with van der Waals surface area (Å²) in [7, 11) is 2.18. The second kappa shape index (κ2) is 13.0. The summed E-state index contributed by atoms with van der Waals surface area (Å²) in [6.07, 6.45) is 6.44. The van der Waals surface area contributed by atoms with E-state index in [1.54, 1.807) is 0 Å². The maximum absolute atomic E-state index is 6.03. The predicted molar refractivity (Wildman–Crippen MR) is 138 cm³/mol. The molecule has 3 aliphatic heterocycles. The first-order valence-corrected chi connectivity index (χ1v) is 11.9. The van der Waals surface area contributed by atoms with Crippen molar-refractivity contribution in [3.63, 3.8) is 0 Å². The van der Waals surface area contributed by atoms with E-state index in [0.717, 1.165) is 69.3 Å². The van der Waals surface area contributed by atoms with E-state index in [-0.39, 0.29) is 24.0 Å². The number of hydrogen-bond acceptors (Lipinski definition) is 5. The minimum absolute atomic E-state index is 0. The minimum atomic E-state index is 0. The van der Waals surface area contributed by atoms with Crippen molar-refractivity contribution in [3.8, 4) is 5.75 Å². The van der Waals surface area contributed by atoms with E-state index in [1.807, 2.05) is 12.1 Å². The Labute approximate surface area is 209 Å². The van der Waals surface area contributed by atoms with Gasteiger partial charge in [-0.25, -0.2) is 4.99 Å². The van der Waals surface area contributed by atoms with Crippen molar-refractivity contribution in [1.82, 2.24) is 15.5 Å². The summed E-state index contributed by atoms with van der Waals surface area (Å²) < 4.78 is 17.5. The van der Waals surface area contributed by atoms with Gasteiger partial charge in [-0.3, -0.25) is 4.90 Å². The van der Waals surface area contributed by atoms with Crippen LogP contribution in [0.3, 0.4) is 0 Å². The van der Waals surface area contributed by atoms with Crippen LogP contribution in [0.15, 0.2) is 29.3 Å².